The summed E-state index contributed by atoms with van der Waals surface area (Å²) in [5, 5.41) is 0. The van der Waals surface area contributed by atoms with Crippen LogP contribution in [0, 0.1) is 5.92 Å². The van der Waals surface area contributed by atoms with Crippen molar-refractivity contribution in [2.75, 3.05) is 19.6 Å². The van der Waals surface area contributed by atoms with Gasteiger partial charge < -0.3 is 10.6 Å². The van der Waals surface area contributed by atoms with Gasteiger partial charge >= 0.3 is 0 Å². The molecular weight excluding hydrogens is 339 g/mol. The van der Waals surface area contributed by atoms with E-state index in [9.17, 15) is 4.79 Å². The van der Waals surface area contributed by atoms with Crippen LogP contribution in [0.25, 0.3) is 0 Å². The molecule has 22 heavy (non-hydrogen) atoms. The maximum absolute atomic E-state index is 12.7. The average Bonchev–Trinajstić information content (AvgIpc) is 3.10. The van der Waals surface area contributed by atoms with Crippen molar-refractivity contribution in [2.45, 2.75) is 5.92 Å². The van der Waals surface area contributed by atoms with Crippen LogP contribution in [0.4, 0.5) is 0 Å². The summed E-state index contributed by atoms with van der Waals surface area (Å²) in [7, 11) is 0. The lowest BCUT2D eigenvalue weighted by Gasteiger charge is -2.16. The standard InChI is InChI=1S/C16H16Cl2N2OS/c17-14-6-12(15(18)22-14)16(21)20-8-11(7-19)13(9-20)10-4-2-1-3-5-10/h1-6,11,13H,7-9,19H2/t11-,13+/m1/s1. The van der Waals surface area contributed by atoms with Crippen molar-refractivity contribution < 1.29 is 4.79 Å². The van der Waals surface area contributed by atoms with E-state index in [4.69, 9.17) is 28.9 Å². The Morgan fingerprint density at radius 2 is 2.00 bits per heavy atom. The van der Waals surface area contributed by atoms with Crippen LogP contribution in [-0.4, -0.2) is 30.4 Å². The van der Waals surface area contributed by atoms with Crippen LogP contribution >= 0.6 is 34.5 Å². The zero-order valence-corrected chi connectivity index (χ0v) is 14.2. The normalized spacial score (nSPS) is 21.3. The highest BCUT2D eigenvalue weighted by molar-refractivity contribution is 7.20. The zero-order chi connectivity index (χ0) is 15.7. The molecule has 2 aromatic rings. The minimum Gasteiger partial charge on any atom is -0.338 e. The van der Waals surface area contributed by atoms with Crippen LogP contribution in [0.2, 0.25) is 8.67 Å². The molecule has 0 unspecified atom stereocenters. The van der Waals surface area contributed by atoms with Crippen LogP contribution in [0.3, 0.4) is 0 Å². The Hall–Kier alpha value is -1.07. The van der Waals surface area contributed by atoms with E-state index in [0.717, 1.165) is 0 Å². The summed E-state index contributed by atoms with van der Waals surface area (Å²) >= 11 is 13.3. The van der Waals surface area contributed by atoms with Gasteiger partial charge in [-0.3, -0.25) is 4.79 Å². The fraction of sp³-hybridized carbons (Fsp3) is 0.312. The molecule has 0 aliphatic carbocycles. The first-order valence-electron chi connectivity index (χ1n) is 7.09. The molecule has 1 fully saturated rings. The molecule has 0 saturated carbocycles. The molecule has 0 radical (unpaired) electrons. The number of benzene rings is 1. The second-order valence-corrected chi connectivity index (χ2v) is 7.75. The van der Waals surface area contributed by atoms with Crippen LogP contribution in [0.15, 0.2) is 36.4 Å². The van der Waals surface area contributed by atoms with Gasteiger partial charge in [-0.05, 0) is 24.1 Å². The van der Waals surface area contributed by atoms with Gasteiger partial charge in [0, 0.05) is 19.0 Å². The number of nitrogens with zero attached hydrogens (tertiary/aromatic N) is 1. The molecule has 1 aromatic heterocycles. The lowest BCUT2D eigenvalue weighted by Crippen LogP contribution is -2.29. The van der Waals surface area contributed by atoms with E-state index in [1.807, 2.05) is 23.1 Å². The van der Waals surface area contributed by atoms with E-state index in [1.165, 1.54) is 16.9 Å². The maximum atomic E-state index is 12.7. The largest absolute Gasteiger partial charge is 0.338 e. The Bertz CT molecular complexity index is 674. The highest BCUT2D eigenvalue weighted by atomic mass is 35.5. The lowest BCUT2D eigenvalue weighted by molar-refractivity contribution is 0.0787. The molecule has 116 valence electrons. The van der Waals surface area contributed by atoms with Crippen molar-refractivity contribution in [3.63, 3.8) is 0 Å². The fourth-order valence-corrected chi connectivity index (χ4v) is 4.46. The summed E-state index contributed by atoms with van der Waals surface area (Å²) in [4.78, 5) is 14.5. The lowest BCUT2D eigenvalue weighted by atomic mass is 9.89. The summed E-state index contributed by atoms with van der Waals surface area (Å²) in [5.41, 5.74) is 7.63. The monoisotopic (exact) mass is 354 g/mol. The Kier molecular flexibility index (Phi) is 4.73. The highest BCUT2D eigenvalue weighted by Gasteiger charge is 2.36. The summed E-state index contributed by atoms with van der Waals surface area (Å²) in [6, 6.07) is 11.9. The quantitative estimate of drug-likeness (QED) is 0.909. The number of nitrogens with two attached hydrogens (primary N) is 1. The maximum Gasteiger partial charge on any atom is 0.256 e. The third kappa shape index (κ3) is 3.01. The number of halogens is 2. The number of thiophene rings is 1. The topological polar surface area (TPSA) is 46.3 Å². The van der Waals surface area contributed by atoms with Crippen molar-refractivity contribution >= 4 is 40.4 Å². The first-order valence-corrected chi connectivity index (χ1v) is 8.66. The molecular formula is C16H16Cl2N2OS. The van der Waals surface area contributed by atoms with Gasteiger partial charge in [0.1, 0.15) is 4.34 Å². The fourth-order valence-electron chi connectivity index (χ4n) is 3.01. The Morgan fingerprint density at radius 3 is 2.59 bits per heavy atom. The number of hydrogen-bond donors (Lipinski definition) is 1. The van der Waals surface area contributed by atoms with Gasteiger partial charge in [0.05, 0.1) is 9.90 Å². The molecule has 2 atom stereocenters. The minimum absolute atomic E-state index is 0.0648. The Morgan fingerprint density at radius 1 is 1.27 bits per heavy atom. The van der Waals surface area contributed by atoms with E-state index < -0.39 is 0 Å². The molecule has 0 spiro atoms. The molecule has 3 nitrogen and oxygen atoms in total. The van der Waals surface area contributed by atoms with Gasteiger partial charge in [0.15, 0.2) is 0 Å². The van der Waals surface area contributed by atoms with Crippen LogP contribution in [0.1, 0.15) is 21.8 Å². The Labute approximate surface area is 143 Å². The van der Waals surface area contributed by atoms with Crippen LogP contribution < -0.4 is 5.73 Å². The molecule has 1 aromatic carbocycles. The molecule has 0 bridgehead atoms. The van der Waals surface area contributed by atoms with Gasteiger partial charge in [-0.2, -0.15) is 0 Å². The summed E-state index contributed by atoms with van der Waals surface area (Å²) < 4.78 is 0.977. The molecule has 1 saturated heterocycles. The van der Waals surface area contributed by atoms with Gasteiger partial charge in [0.25, 0.3) is 5.91 Å². The highest BCUT2D eigenvalue weighted by Crippen LogP contribution is 2.36. The van der Waals surface area contributed by atoms with Crippen molar-refractivity contribution in [2.24, 2.45) is 11.7 Å². The summed E-state index contributed by atoms with van der Waals surface area (Å²) in [6.45, 7) is 1.87. The number of carbonyl (C=O) groups excluding carboxylic acids is 1. The zero-order valence-electron chi connectivity index (χ0n) is 11.8. The van der Waals surface area contributed by atoms with E-state index in [0.29, 0.717) is 33.9 Å². The van der Waals surface area contributed by atoms with Crippen LogP contribution in [-0.2, 0) is 0 Å². The van der Waals surface area contributed by atoms with E-state index in [2.05, 4.69) is 12.1 Å². The van der Waals surface area contributed by atoms with Crippen LogP contribution in [0.5, 0.6) is 0 Å². The SMILES string of the molecule is NC[C@@H]1CN(C(=O)c2cc(Cl)sc2Cl)C[C@H]1c1ccccc1. The average molecular weight is 355 g/mol. The second kappa shape index (κ2) is 6.59. The van der Waals surface area contributed by atoms with Gasteiger partial charge in [0.2, 0.25) is 0 Å². The van der Waals surface area contributed by atoms with Crippen molar-refractivity contribution in [3.8, 4) is 0 Å². The summed E-state index contributed by atoms with van der Waals surface area (Å²) in [6.07, 6.45) is 0. The van der Waals surface area contributed by atoms with E-state index >= 15 is 0 Å². The molecule has 1 aliphatic heterocycles. The Balaban J connectivity index is 1.82. The van der Waals surface area contributed by atoms with Crippen molar-refractivity contribution in [1.82, 2.24) is 4.90 Å². The third-order valence-electron chi connectivity index (χ3n) is 4.15. The predicted molar refractivity (Wildman–Crippen MR) is 92.0 cm³/mol. The van der Waals surface area contributed by atoms with Gasteiger partial charge in [-0.25, -0.2) is 0 Å². The number of carbonyl (C=O) groups is 1. The summed E-state index contributed by atoms with van der Waals surface area (Å²) in [5.74, 6) is 0.465. The number of amides is 1. The van der Waals surface area contributed by atoms with Gasteiger partial charge in [-0.15, -0.1) is 11.3 Å². The molecule has 3 rings (SSSR count). The predicted octanol–water partition coefficient (Wildman–Crippen LogP) is 3.87. The van der Waals surface area contributed by atoms with E-state index in [1.54, 1.807) is 6.07 Å². The first kappa shape index (κ1) is 15.8. The second-order valence-electron chi connectivity index (χ2n) is 5.46. The number of likely N-dealkylation sites (tertiary alicyclic amines) is 1. The third-order valence-corrected chi connectivity index (χ3v) is 5.63. The minimum atomic E-state index is -0.0648. The number of hydrogen-bond acceptors (Lipinski definition) is 3. The molecule has 6 heteroatoms. The number of rotatable bonds is 3. The smallest absolute Gasteiger partial charge is 0.256 e. The van der Waals surface area contributed by atoms with E-state index in [-0.39, 0.29) is 17.7 Å². The van der Waals surface area contributed by atoms with Crippen molar-refractivity contribution in [1.29, 1.82) is 0 Å². The molecule has 2 heterocycles. The first-order chi connectivity index (χ1) is 10.6. The van der Waals surface area contributed by atoms with Crippen molar-refractivity contribution in [3.05, 3.63) is 56.2 Å². The molecule has 1 aliphatic rings. The molecule has 1 amide bonds. The van der Waals surface area contributed by atoms with Gasteiger partial charge in [-0.1, -0.05) is 53.5 Å². The molecule has 2 N–H and O–H groups in total.